The molecule has 6 nitrogen and oxygen atoms in total. The van der Waals surface area contributed by atoms with Crippen molar-refractivity contribution in [1.29, 1.82) is 0 Å². The third kappa shape index (κ3) is 4.95. The van der Waals surface area contributed by atoms with Gasteiger partial charge in [0.2, 0.25) is 0 Å². The Morgan fingerprint density at radius 1 is 1.08 bits per heavy atom. The number of carbonyl (C=O) groups excluding carboxylic acids is 2. The molecule has 0 bridgehead atoms. The van der Waals surface area contributed by atoms with E-state index in [4.69, 9.17) is 9.47 Å². The normalized spacial score (nSPS) is 14.0. The van der Waals surface area contributed by atoms with Gasteiger partial charge in [-0.1, -0.05) is 12.1 Å². The van der Waals surface area contributed by atoms with Gasteiger partial charge in [-0.15, -0.1) is 0 Å². The fraction of sp³-hybridized carbons (Fsp3) is 0.263. The van der Waals surface area contributed by atoms with E-state index in [2.05, 4.69) is 27.9 Å². The highest BCUT2D eigenvalue weighted by atomic mass is 127. The number of hydrogen-bond donors (Lipinski definition) is 1. The van der Waals surface area contributed by atoms with E-state index in [9.17, 15) is 9.59 Å². The Bertz CT molecular complexity index is 773. The van der Waals surface area contributed by atoms with Crippen LogP contribution in [0.25, 0.3) is 0 Å². The molecule has 0 aromatic heterocycles. The summed E-state index contributed by atoms with van der Waals surface area (Å²) in [5, 5.41) is 2.77. The average Bonchev–Trinajstić information content (AvgIpc) is 2.68. The van der Waals surface area contributed by atoms with Gasteiger partial charge in [-0.3, -0.25) is 9.59 Å². The molecule has 1 heterocycles. The number of halogens is 1. The molecule has 0 saturated carbocycles. The van der Waals surface area contributed by atoms with Crippen LogP contribution in [-0.4, -0.2) is 49.6 Å². The van der Waals surface area contributed by atoms with Crippen LogP contribution in [0.15, 0.2) is 48.5 Å². The maximum absolute atomic E-state index is 12.7. The number of nitrogens with zero attached hydrogens (tertiary/aromatic N) is 1. The highest BCUT2D eigenvalue weighted by Crippen LogP contribution is 2.18. The van der Waals surface area contributed by atoms with Crippen LogP contribution in [-0.2, 0) is 9.53 Å². The first kappa shape index (κ1) is 18.7. The average molecular weight is 466 g/mol. The van der Waals surface area contributed by atoms with Crippen molar-refractivity contribution in [3.8, 4) is 5.75 Å². The van der Waals surface area contributed by atoms with Crippen molar-refractivity contribution >= 4 is 40.1 Å². The fourth-order valence-electron chi connectivity index (χ4n) is 2.58. The van der Waals surface area contributed by atoms with Gasteiger partial charge >= 0.3 is 0 Å². The molecule has 1 saturated heterocycles. The van der Waals surface area contributed by atoms with Crippen LogP contribution >= 0.6 is 22.6 Å². The minimum atomic E-state index is -0.314. The molecule has 7 heteroatoms. The third-order valence-electron chi connectivity index (χ3n) is 3.91. The van der Waals surface area contributed by atoms with E-state index in [0.717, 1.165) is 3.57 Å². The van der Waals surface area contributed by atoms with Crippen molar-refractivity contribution < 1.29 is 19.1 Å². The number of amides is 2. The molecule has 0 unspecified atom stereocenters. The summed E-state index contributed by atoms with van der Waals surface area (Å²) in [5.74, 6) is 0.201. The van der Waals surface area contributed by atoms with Crippen LogP contribution in [0.4, 0.5) is 5.69 Å². The third-order valence-corrected chi connectivity index (χ3v) is 4.63. The van der Waals surface area contributed by atoms with Gasteiger partial charge in [0.25, 0.3) is 11.8 Å². The van der Waals surface area contributed by atoms with Crippen LogP contribution in [0, 0.1) is 3.57 Å². The summed E-state index contributed by atoms with van der Waals surface area (Å²) in [6.45, 7) is 2.04. The summed E-state index contributed by atoms with van der Waals surface area (Å²) in [7, 11) is 0. The van der Waals surface area contributed by atoms with Crippen molar-refractivity contribution in [2.24, 2.45) is 0 Å². The van der Waals surface area contributed by atoms with E-state index >= 15 is 0 Å². The van der Waals surface area contributed by atoms with Crippen molar-refractivity contribution in [1.82, 2.24) is 4.90 Å². The number of anilines is 1. The summed E-state index contributed by atoms with van der Waals surface area (Å²) < 4.78 is 11.9. The molecule has 26 heavy (non-hydrogen) atoms. The Labute approximate surface area is 165 Å². The lowest BCUT2D eigenvalue weighted by atomic mass is 10.1. The molecule has 1 aliphatic rings. The number of nitrogens with one attached hydrogen (secondary N) is 1. The quantitative estimate of drug-likeness (QED) is 0.689. The van der Waals surface area contributed by atoms with Gasteiger partial charge in [-0.25, -0.2) is 0 Å². The zero-order chi connectivity index (χ0) is 18.4. The standard InChI is InChI=1S/C19H19IN2O4/c20-14-5-7-15(8-6-14)26-13-18(23)21-17-4-2-1-3-16(17)19(24)22-9-11-25-12-10-22/h1-8H,9-13H2,(H,21,23). The Morgan fingerprint density at radius 2 is 1.77 bits per heavy atom. The number of rotatable bonds is 5. The van der Waals surface area contributed by atoms with Gasteiger partial charge < -0.3 is 19.7 Å². The van der Waals surface area contributed by atoms with E-state index in [0.29, 0.717) is 43.3 Å². The molecule has 2 aromatic rings. The second-order valence-electron chi connectivity index (χ2n) is 5.74. The predicted octanol–water partition coefficient (Wildman–Crippen LogP) is 2.78. The van der Waals surface area contributed by atoms with Gasteiger partial charge in [0.1, 0.15) is 5.75 Å². The van der Waals surface area contributed by atoms with Crippen LogP contribution in [0.3, 0.4) is 0 Å². The van der Waals surface area contributed by atoms with Gasteiger partial charge in [-0.2, -0.15) is 0 Å². The molecule has 1 N–H and O–H groups in total. The first-order valence-corrected chi connectivity index (χ1v) is 9.35. The lowest BCUT2D eigenvalue weighted by Crippen LogP contribution is -2.41. The van der Waals surface area contributed by atoms with Crippen molar-refractivity contribution in [2.45, 2.75) is 0 Å². The highest BCUT2D eigenvalue weighted by Gasteiger charge is 2.21. The lowest BCUT2D eigenvalue weighted by Gasteiger charge is -2.27. The Hall–Kier alpha value is -2.13. The van der Waals surface area contributed by atoms with Crippen LogP contribution < -0.4 is 10.1 Å². The maximum atomic E-state index is 12.7. The minimum absolute atomic E-state index is 0.109. The van der Waals surface area contributed by atoms with E-state index in [1.54, 1.807) is 29.2 Å². The summed E-state index contributed by atoms with van der Waals surface area (Å²) in [5.41, 5.74) is 0.956. The minimum Gasteiger partial charge on any atom is -0.484 e. The molecular weight excluding hydrogens is 447 g/mol. The summed E-state index contributed by atoms with van der Waals surface area (Å²) in [6.07, 6.45) is 0. The number of morpholine rings is 1. The first-order chi connectivity index (χ1) is 12.6. The number of para-hydroxylation sites is 1. The molecule has 2 aromatic carbocycles. The molecular formula is C19H19IN2O4. The molecule has 0 spiro atoms. The molecule has 1 aliphatic heterocycles. The van der Waals surface area contributed by atoms with E-state index in [1.807, 2.05) is 24.3 Å². The highest BCUT2D eigenvalue weighted by molar-refractivity contribution is 14.1. The first-order valence-electron chi connectivity index (χ1n) is 8.28. The molecule has 0 radical (unpaired) electrons. The number of carbonyl (C=O) groups is 2. The zero-order valence-electron chi connectivity index (χ0n) is 14.1. The Balaban J connectivity index is 1.62. The maximum Gasteiger partial charge on any atom is 0.262 e. The topological polar surface area (TPSA) is 67.9 Å². The Kier molecular flexibility index (Phi) is 6.45. The molecule has 0 atom stereocenters. The summed E-state index contributed by atoms with van der Waals surface area (Å²) >= 11 is 2.20. The Morgan fingerprint density at radius 3 is 2.50 bits per heavy atom. The summed E-state index contributed by atoms with van der Waals surface area (Å²) in [4.78, 5) is 26.7. The van der Waals surface area contributed by atoms with Crippen molar-refractivity contribution in [3.63, 3.8) is 0 Å². The fourth-order valence-corrected chi connectivity index (χ4v) is 2.94. The van der Waals surface area contributed by atoms with Gasteiger partial charge in [0.15, 0.2) is 6.61 Å². The molecule has 1 fully saturated rings. The molecule has 0 aliphatic carbocycles. The second kappa shape index (κ2) is 9.00. The van der Waals surface area contributed by atoms with Crippen LogP contribution in [0.2, 0.25) is 0 Å². The number of ether oxygens (including phenoxy) is 2. The second-order valence-corrected chi connectivity index (χ2v) is 6.99. The summed E-state index contributed by atoms with van der Waals surface area (Å²) in [6, 6.07) is 14.4. The zero-order valence-corrected chi connectivity index (χ0v) is 16.3. The number of benzene rings is 2. The lowest BCUT2D eigenvalue weighted by molar-refractivity contribution is -0.118. The smallest absolute Gasteiger partial charge is 0.262 e. The van der Waals surface area contributed by atoms with Gasteiger partial charge in [0.05, 0.1) is 24.5 Å². The van der Waals surface area contributed by atoms with Gasteiger partial charge in [-0.05, 0) is 59.0 Å². The predicted molar refractivity (Wildman–Crippen MR) is 106 cm³/mol. The monoisotopic (exact) mass is 466 g/mol. The van der Waals surface area contributed by atoms with Crippen LogP contribution in [0.1, 0.15) is 10.4 Å². The van der Waals surface area contributed by atoms with Crippen molar-refractivity contribution in [3.05, 3.63) is 57.7 Å². The molecule has 2 amide bonds. The largest absolute Gasteiger partial charge is 0.484 e. The van der Waals surface area contributed by atoms with Gasteiger partial charge in [0, 0.05) is 16.7 Å². The van der Waals surface area contributed by atoms with E-state index in [-0.39, 0.29) is 18.4 Å². The van der Waals surface area contributed by atoms with Crippen LogP contribution in [0.5, 0.6) is 5.75 Å². The molecule has 136 valence electrons. The number of hydrogen-bond acceptors (Lipinski definition) is 4. The van der Waals surface area contributed by atoms with E-state index < -0.39 is 0 Å². The van der Waals surface area contributed by atoms with E-state index in [1.165, 1.54) is 0 Å². The van der Waals surface area contributed by atoms with Crippen molar-refractivity contribution in [2.75, 3.05) is 38.2 Å². The SMILES string of the molecule is O=C(COc1ccc(I)cc1)Nc1ccccc1C(=O)N1CCOCC1. The molecule has 3 rings (SSSR count).